The van der Waals surface area contributed by atoms with E-state index in [4.69, 9.17) is 5.11 Å². The number of non-ortho nitro benzene ring substituents is 1. The summed E-state index contributed by atoms with van der Waals surface area (Å²) in [5.41, 5.74) is 0.824. The summed E-state index contributed by atoms with van der Waals surface area (Å²) in [7, 11) is 0. The molecule has 0 fully saturated rings. The van der Waals surface area contributed by atoms with Gasteiger partial charge < -0.3 is 9.84 Å². The molecule has 1 N–H and O–H groups in total. The molecule has 6 nitrogen and oxygen atoms in total. The fourth-order valence-corrected chi connectivity index (χ4v) is 1.43. The second-order valence-electron chi connectivity index (χ2n) is 3.54. The third-order valence-corrected chi connectivity index (χ3v) is 2.33. The summed E-state index contributed by atoms with van der Waals surface area (Å²) in [6.07, 6.45) is -0.753. The highest BCUT2D eigenvalue weighted by Crippen LogP contribution is 2.15. The summed E-state index contributed by atoms with van der Waals surface area (Å²) in [4.78, 5) is 20.4. The molecule has 6 heteroatoms. The molecule has 0 heterocycles. The maximum Gasteiger partial charge on any atom is 0.506 e. The molecule has 0 aliphatic heterocycles. The largest absolute Gasteiger partial charge is 0.506 e. The molecule has 1 aromatic rings. The number of nitro benzene ring substituents is 1. The van der Waals surface area contributed by atoms with Crippen molar-refractivity contribution < 1.29 is 19.6 Å². The van der Waals surface area contributed by atoms with Gasteiger partial charge in [0, 0.05) is 18.6 Å². The summed E-state index contributed by atoms with van der Waals surface area (Å²) >= 11 is 0. The first-order chi connectivity index (χ1) is 8.02. The van der Waals surface area contributed by atoms with E-state index >= 15 is 0 Å². The smallest absolute Gasteiger partial charge is 0.450 e. The Kier molecular flexibility index (Phi) is 4.45. The average Bonchev–Trinajstić information content (AvgIpc) is 2.28. The van der Waals surface area contributed by atoms with Crippen LogP contribution in [-0.4, -0.2) is 22.3 Å². The Morgan fingerprint density at radius 1 is 1.47 bits per heavy atom. The van der Waals surface area contributed by atoms with Crippen molar-refractivity contribution >= 4 is 11.8 Å². The van der Waals surface area contributed by atoms with E-state index in [1.54, 1.807) is 12.1 Å². The van der Waals surface area contributed by atoms with Crippen LogP contribution < -0.4 is 0 Å². The summed E-state index contributed by atoms with van der Waals surface area (Å²) in [5, 5.41) is 18.9. The molecular formula is C11H13NO5. The highest BCUT2D eigenvalue weighted by Gasteiger charge is 2.13. The minimum absolute atomic E-state index is 0.0148. The van der Waals surface area contributed by atoms with Gasteiger partial charge in [0.25, 0.3) is 5.69 Å². The van der Waals surface area contributed by atoms with E-state index in [-0.39, 0.29) is 5.69 Å². The van der Waals surface area contributed by atoms with E-state index in [2.05, 4.69) is 4.74 Å². The van der Waals surface area contributed by atoms with Crippen LogP contribution in [0.25, 0.3) is 0 Å². The van der Waals surface area contributed by atoms with Crippen molar-refractivity contribution in [3.05, 3.63) is 39.9 Å². The first-order valence-electron chi connectivity index (χ1n) is 5.15. The number of benzene rings is 1. The SMILES string of the molecule is CCC(Cc1ccc([N+](=O)[O-])cc1)OC(=O)O. The Balaban J connectivity index is 2.67. The predicted octanol–water partition coefficient (Wildman–Crippen LogP) is 2.61. The second kappa shape index (κ2) is 5.83. The van der Waals surface area contributed by atoms with Crippen LogP contribution in [0.2, 0.25) is 0 Å². The van der Waals surface area contributed by atoms with Gasteiger partial charge in [-0.15, -0.1) is 0 Å². The normalized spacial score (nSPS) is 11.8. The number of hydrogen-bond acceptors (Lipinski definition) is 4. The standard InChI is InChI=1S/C11H13NO5/c1-2-10(17-11(13)14)7-8-3-5-9(6-4-8)12(15)16/h3-6,10H,2,7H2,1H3,(H,13,14). The van der Waals surface area contributed by atoms with Crippen LogP contribution in [0.1, 0.15) is 18.9 Å². The van der Waals surface area contributed by atoms with Crippen LogP contribution in [0.3, 0.4) is 0 Å². The fourth-order valence-electron chi connectivity index (χ4n) is 1.43. The van der Waals surface area contributed by atoms with Gasteiger partial charge in [-0.05, 0) is 12.0 Å². The Morgan fingerprint density at radius 2 is 2.06 bits per heavy atom. The van der Waals surface area contributed by atoms with E-state index in [9.17, 15) is 14.9 Å². The van der Waals surface area contributed by atoms with Crippen molar-refractivity contribution in [1.82, 2.24) is 0 Å². The molecule has 0 bridgehead atoms. The van der Waals surface area contributed by atoms with Crippen molar-refractivity contribution in [1.29, 1.82) is 0 Å². The average molecular weight is 239 g/mol. The van der Waals surface area contributed by atoms with Crippen LogP contribution in [-0.2, 0) is 11.2 Å². The number of carboxylic acid groups (broad SMARTS) is 1. The lowest BCUT2D eigenvalue weighted by molar-refractivity contribution is -0.384. The Hall–Kier alpha value is -2.11. The molecule has 17 heavy (non-hydrogen) atoms. The Bertz CT molecular complexity index is 401. The molecule has 0 amide bonds. The van der Waals surface area contributed by atoms with Gasteiger partial charge in [0.1, 0.15) is 6.10 Å². The Labute approximate surface area is 98.0 Å². The molecule has 0 saturated heterocycles. The number of rotatable bonds is 5. The molecule has 1 aromatic carbocycles. The highest BCUT2D eigenvalue weighted by molar-refractivity contribution is 5.57. The van der Waals surface area contributed by atoms with E-state index in [1.165, 1.54) is 12.1 Å². The quantitative estimate of drug-likeness (QED) is 0.484. The minimum atomic E-state index is -1.31. The van der Waals surface area contributed by atoms with Gasteiger partial charge in [-0.3, -0.25) is 10.1 Å². The van der Waals surface area contributed by atoms with Gasteiger partial charge in [0.05, 0.1) is 4.92 Å². The van der Waals surface area contributed by atoms with Crippen LogP contribution >= 0.6 is 0 Å². The summed E-state index contributed by atoms with van der Waals surface area (Å²) < 4.78 is 4.66. The van der Waals surface area contributed by atoms with Crippen molar-refractivity contribution in [3.8, 4) is 0 Å². The van der Waals surface area contributed by atoms with E-state index < -0.39 is 17.2 Å². The number of nitro groups is 1. The van der Waals surface area contributed by atoms with Gasteiger partial charge in [-0.25, -0.2) is 4.79 Å². The zero-order chi connectivity index (χ0) is 12.8. The lowest BCUT2D eigenvalue weighted by Gasteiger charge is -2.13. The van der Waals surface area contributed by atoms with E-state index in [1.807, 2.05) is 6.92 Å². The number of hydrogen-bond donors (Lipinski definition) is 1. The van der Waals surface area contributed by atoms with Crippen molar-refractivity contribution in [3.63, 3.8) is 0 Å². The van der Waals surface area contributed by atoms with Crippen LogP contribution in [0.5, 0.6) is 0 Å². The first kappa shape index (κ1) is 13.0. The maximum atomic E-state index is 10.4. The van der Waals surface area contributed by atoms with Crippen LogP contribution in [0.4, 0.5) is 10.5 Å². The number of ether oxygens (including phenoxy) is 1. The Morgan fingerprint density at radius 3 is 2.47 bits per heavy atom. The molecule has 0 aliphatic rings. The maximum absolute atomic E-state index is 10.4. The third kappa shape index (κ3) is 4.10. The number of nitrogens with zero attached hydrogens (tertiary/aromatic N) is 1. The van der Waals surface area contributed by atoms with Gasteiger partial charge in [-0.2, -0.15) is 0 Å². The van der Waals surface area contributed by atoms with E-state index in [0.29, 0.717) is 12.8 Å². The first-order valence-corrected chi connectivity index (χ1v) is 5.15. The predicted molar refractivity (Wildman–Crippen MR) is 60.0 cm³/mol. The lowest BCUT2D eigenvalue weighted by Crippen LogP contribution is -2.18. The zero-order valence-corrected chi connectivity index (χ0v) is 9.33. The molecule has 92 valence electrons. The fraction of sp³-hybridized carbons (Fsp3) is 0.364. The molecular weight excluding hydrogens is 226 g/mol. The molecule has 1 rings (SSSR count). The summed E-state index contributed by atoms with van der Waals surface area (Å²) in [6, 6.07) is 5.99. The van der Waals surface area contributed by atoms with E-state index in [0.717, 1.165) is 5.56 Å². The van der Waals surface area contributed by atoms with Crippen molar-refractivity contribution in [2.24, 2.45) is 0 Å². The molecule has 0 aromatic heterocycles. The van der Waals surface area contributed by atoms with Gasteiger partial charge >= 0.3 is 6.16 Å². The van der Waals surface area contributed by atoms with Gasteiger partial charge in [0.15, 0.2) is 0 Å². The minimum Gasteiger partial charge on any atom is -0.450 e. The zero-order valence-electron chi connectivity index (χ0n) is 9.33. The second-order valence-corrected chi connectivity index (χ2v) is 3.54. The molecule has 1 unspecified atom stereocenters. The van der Waals surface area contributed by atoms with Gasteiger partial charge in [-0.1, -0.05) is 19.1 Å². The topological polar surface area (TPSA) is 89.7 Å². The summed E-state index contributed by atoms with van der Waals surface area (Å²) in [5.74, 6) is 0. The molecule has 0 radical (unpaired) electrons. The number of carbonyl (C=O) groups is 1. The molecule has 1 atom stereocenters. The van der Waals surface area contributed by atoms with Crippen LogP contribution in [0, 0.1) is 10.1 Å². The molecule has 0 aliphatic carbocycles. The summed E-state index contributed by atoms with van der Waals surface area (Å²) in [6.45, 7) is 1.82. The monoisotopic (exact) mass is 239 g/mol. The third-order valence-electron chi connectivity index (χ3n) is 2.33. The lowest BCUT2D eigenvalue weighted by atomic mass is 10.1. The van der Waals surface area contributed by atoms with Crippen molar-refractivity contribution in [2.45, 2.75) is 25.9 Å². The molecule has 0 spiro atoms. The van der Waals surface area contributed by atoms with Crippen LogP contribution in [0.15, 0.2) is 24.3 Å². The van der Waals surface area contributed by atoms with Crippen molar-refractivity contribution in [2.75, 3.05) is 0 Å². The molecule has 0 saturated carbocycles. The van der Waals surface area contributed by atoms with Gasteiger partial charge in [0.2, 0.25) is 0 Å². The highest BCUT2D eigenvalue weighted by atomic mass is 16.7.